The van der Waals surface area contributed by atoms with E-state index in [-0.39, 0.29) is 12.5 Å². The van der Waals surface area contributed by atoms with Crippen LogP contribution in [0.4, 0.5) is 5.69 Å². The molecule has 1 aromatic heterocycles. The molecule has 0 bridgehead atoms. The van der Waals surface area contributed by atoms with Crippen LogP contribution >= 0.6 is 23.2 Å². The fraction of sp³-hybridized carbons (Fsp3) is 0.120. The molecular formula is C25H21Cl2N3O2. The number of hydrogen-bond donors (Lipinski definition) is 3. The average molecular weight is 466 g/mol. The zero-order valence-corrected chi connectivity index (χ0v) is 18.6. The molecule has 0 atom stereocenters. The second kappa shape index (κ2) is 10.1. The van der Waals surface area contributed by atoms with Gasteiger partial charge in [0.15, 0.2) is 0 Å². The van der Waals surface area contributed by atoms with E-state index in [2.05, 4.69) is 15.6 Å². The standard InChI is InChI=1S/C25H21Cl2N3O2/c26-22-8-6-18(14-21(22)24-19-4-2-1-3-17(19)9-10-29-24)30-25(32)20-7-5-16(13-23(20)27)15-28-11-12-31/h1-10,13-14,28,31H,11-12,15H2,(H,30,32). The van der Waals surface area contributed by atoms with Crippen LogP contribution in [0.3, 0.4) is 0 Å². The largest absolute Gasteiger partial charge is 0.395 e. The Balaban J connectivity index is 1.59. The van der Waals surface area contributed by atoms with Crippen LogP contribution in [0.1, 0.15) is 15.9 Å². The van der Waals surface area contributed by atoms with Crippen molar-refractivity contribution < 1.29 is 9.90 Å². The zero-order chi connectivity index (χ0) is 22.5. The summed E-state index contributed by atoms with van der Waals surface area (Å²) in [6, 6.07) is 20.5. The van der Waals surface area contributed by atoms with E-state index in [1.807, 2.05) is 42.5 Å². The molecule has 0 aliphatic carbocycles. The second-order valence-electron chi connectivity index (χ2n) is 7.24. The van der Waals surface area contributed by atoms with Gasteiger partial charge in [0.05, 0.1) is 27.9 Å². The molecule has 0 saturated carbocycles. The molecular weight excluding hydrogens is 445 g/mol. The number of fused-ring (bicyclic) bond motifs is 1. The molecule has 32 heavy (non-hydrogen) atoms. The number of aliphatic hydroxyl groups is 1. The maximum atomic E-state index is 12.9. The Morgan fingerprint density at radius 2 is 1.81 bits per heavy atom. The minimum Gasteiger partial charge on any atom is -0.395 e. The summed E-state index contributed by atoms with van der Waals surface area (Å²) in [7, 11) is 0. The molecule has 4 rings (SSSR count). The first-order valence-corrected chi connectivity index (χ1v) is 10.9. The first-order valence-electron chi connectivity index (χ1n) is 10.1. The molecule has 162 valence electrons. The number of rotatable bonds is 7. The van der Waals surface area contributed by atoms with Crippen LogP contribution < -0.4 is 10.6 Å². The number of pyridine rings is 1. The van der Waals surface area contributed by atoms with Gasteiger partial charge in [0, 0.05) is 35.9 Å². The number of benzene rings is 3. The van der Waals surface area contributed by atoms with Crippen molar-refractivity contribution in [2.24, 2.45) is 0 Å². The molecule has 0 aliphatic rings. The molecule has 0 fully saturated rings. The Labute approximate surface area is 196 Å². The SMILES string of the molecule is O=C(Nc1ccc(Cl)c(-c2nccc3ccccc23)c1)c1ccc(CNCCO)cc1Cl. The van der Waals surface area contributed by atoms with Crippen molar-refractivity contribution in [1.82, 2.24) is 10.3 Å². The summed E-state index contributed by atoms with van der Waals surface area (Å²) in [4.78, 5) is 17.4. The van der Waals surface area contributed by atoms with Crippen molar-refractivity contribution in [2.75, 3.05) is 18.5 Å². The predicted molar refractivity (Wildman–Crippen MR) is 130 cm³/mol. The summed E-state index contributed by atoms with van der Waals surface area (Å²) in [6.07, 6.45) is 1.75. The molecule has 3 aromatic carbocycles. The van der Waals surface area contributed by atoms with Gasteiger partial charge in [-0.25, -0.2) is 0 Å². The summed E-state index contributed by atoms with van der Waals surface area (Å²) in [6.45, 7) is 1.11. The number of halogens is 2. The van der Waals surface area contributed by atoms with Crippen LogP contribution in [0.2, 0.25) is 10.0 Å². The molecule has 1 amide bonds. The highest BCUT2D eigenvalue weighted by Gasteiger charge is 2.14. The van der Waals surface area contributed by atoms with Crippen LogP contribution in [0.25, 0.3) is 22.0 Å². The van der Waals surface area contributed by atoms with E-state index < -0.39 is 0 Å². The number of carbonyl (C=O) groups is 1. The predicted octanol–water partition coefficient (Wildman–Crippen LogP) is 5.54. The second-order valence-corrected chi connectivity index (χ2v) is 8.06. The Kier molecular flexibility index (Phi) is 7.02. The van der Waals surface area contributed by atoms with Crippen LogP contribution in [0.15, 0.2) is 72.9 Å². The van der Waals surface area contributed by atoms with Crippen LogP contribution in [-0.2, 0) is 6.54 Å². The van der Waals surface area contributed by atoms with Gasteiger partial charge in [-0.05, 0) is 47.3 Å². The van der Waals surface area contributed by atoms with Gasteiger partial charge in [0.2, 0.25) is 0 Å². The van der Waals surface area contributed by atoms with Crippen molar-refractivity contribution in [3.05, 3.63) is 94.1 Å². The van der Waals surface area contributed by atoms with Crippen molar-refractivity contribution in [3.8, 4) is 11.3 Å². The van der Waals surface area contributed by atoms with Gasteiger partial charge in [-0.2, -0.15) is 0 Å². The normalized spacial score (nSPS) is 11.0. The number of nitrogens with zero attached hydrogens (tertiary/aromatic N) is 1. The maximum Gasteiger partial charge on any atom is 0.257 e. The monoisotopic (exact) mass is 465 g/mol. The number of aromatic nitrogens is 1. The Morgan fingerprint density at radius 3 is 2.62 bits per heavy atom. The molecule has 5 nitrogen and oxygen atoms in total. The van der Waals surface area contributed by atoms with E-state index in [9.17, 15) is 4.79 Å². The quantitative estimate of drug-likeness (QED) is 0.313. The summed E-state index contributed by atoms with van der Waals surface area (Å²) in [5.41, 5.74) is 3.38. The van der Waals surface area contributed by atoms with E-state index in [1.165, 1.54) is 0 Å². The molecule has 4 aromatic rings. The van der Waals surface area contributed by atoms with E-state index >= 15 is 0 Å². The Hall–Kier alpha value is -2.96. The van der Waals surface area contributed by atoms with E-state index in [0.717, 1.165) is 27.6 Å². The topological polar surface area (TPSA) is 74.2 Å². The van der Waals surface area contributed by atoms with Gasteiger partial charge in [-0.15, -0.1) is 0 Å². The number of anilines is 1. The Bertz CT molecular complexity index is 1270. The van der Waals surface area contributed by atoms with Gasteiger partial charge < -0.3 is 15.7 Å². The molecule has 0 saturated heterocycles. The van der Waals surface area contributed by atoms with E-state index in [0.29, 0.717) is 34.4 Å². The number of hydrogen-bond acceptors (Lipinski definition) is 4. The lowest BCUT2D eigenvalue weighted by Crippen LogP contribution is -2.18. The molecule has 3 N–H and O–H groups in total. The molecule has 1 heterocycles. The van der Waals surface area contributed by atoms with Crippen molar-refractivity contribution in [3.63, 3.8) is 0 Å². The van der Waals surface area contributed by atoms with Crippen molar-refractivity contribution >= 4 is 45.6 Å². The third kappa shape index (κ3) is 4.92. The molecule has 0 aliphatic heterocycles. The van der Waals surface area contributed by atoms with Crippen molar-refractivity contribution in [2.45, 2.75) is 6.54 Å². The van der Waals surface area contributed by atoms with Gasteiger partial charge in [0.1, 0.15) is 0 Å². The fourth-order valence-corrected chi connectivity index (χ4v) is 3.98. The third-order valence-corrected chi connectivity index (χ3v) is 5.69. The minimum atomic E-state index is -0.316. The molecule has 0 unspecified atom stereocenters. The first-order chi connectivity index (χ1) is 15.6. The number of aliphatic hydroxyl groups excluding tert-OH is 1. The minimum absolute atomic E-state index is 0.0611. The van der Waals surface area contributed by atoms with Gasteiger partial charge >= 0.3 is 0 Å². The Morgan fingerprint density at radius 1 is 0.969 bits per heavy atom. The summed E-state index contributed by atoms with van der Waals surface area (Å²) in [5, 5.41) is 17.8. The smallest absolute Gasteiger partial charge is 0.257 e. The highest BCUT2D eigenvalue weighted by Crippen LogP contribution is 2.34. The van der Waals surface area contributed by atoms with E-state index in [1.54, 1.807) is 30.5 Å². The van der Waals surface area contributed by atoms with Gasteiger partial charge in [0.25, 0.3) is 5.91 Å². The van der Waals surface area contributed by atoms with Crippen molar-refractivity contribution in [1.29, 1.82) is 0 Å². The molecule has 0 radical (unpaired) electrons. The summed E-state index contributed by atoms with van der Waals surface area (Å²) in [5.74, 6) is -0.316. The summed E-state index contributed by atoms with van der Waals surface area (Å²) < 4.78 is 0. The van der Waals surface area contributed by atoms with E-state index in [4.69, 9.17) is 28.3 Å². The van der Waals surface area contributed by atoms with Crippen LogP contribution in [0.5, 0.6) is 0 Å². The number of carbonyl (C=O) groups excluding carboxylic acids is 1. The average Bonchev–Trinajstić information content (AvgIpc) is 2.80. The fourth-order valence-electron chi connectivity index (χ4n) is 3.48. The highest BCUT2D eigenvalue weighted by molar-refractivity contribution is 6.35. The maximum absolute atomic E-state index is 12.9. The number of nitrogens with one attached hydrogen (secondary N) is 2. The lowest BCUT2D eigenvalue weighted by atomic mass is 10.0. The zero-order valence-electron chi connectivity index (χ0n) is 17.1. The lowest BCUT2D eigenvalue weighted by molar-refractivity contribution is 0.102. The summed E-state index contributed by atoms with van der Waals surface area (Å²) >= 11 is 12.8. The van der Waals surface area contributed by atoms with Crippen LogP contribution in [-0.4, -0.2) is 29.1 Å². The highest BCUT2D eigenvalue weighted by atomic mass is 35.5. The third-order valence-electron chi connectivity index (χ3n) is 5.05. The first kappa shape index (κ1) is 22.2. The molecule has 7 heteroatoms. The van der Waals surface area contributed by atoms with Gasteiger partial charge in [-0.1, -0.05) is 53.5 Å². The molecule has 0 spiro atoms. The van der Waals surface area contributed by atoms with Crippen LogP contribution in [0, 0.1) is 0 Å². The lowest BCUT2D eigenvalue weighted by Gasteiger charge is -2.12. The van der Waals surface area contributed by atoms with Gasteiger partial charge in [-0.3, -0.25) is 9.78 Å². The number of amides is 1.